The summed E-state index contributed by atoms with van der Waals surface area (Å²) in [4.78, 5) is 13.1. The molecule has 2 aromatic heterocycles. The fourth-order valence-electron chi connectivity index (χ4n) is 7.28. The lowest BCUT2D eigenvalue weighted by molar-refractivity contribution is -0.675. The number of rotatable bonds is 5. The molecule has 4 bridgehead atoms. The Labute approximate surface area is 189 Å². The highest BCUT2D eigenvalue weighted by Crippen LogP contribution is 2.61. The van der Waals surface area contributed by atoms with E-state index in [0.29, 0.717) is 5.88 Å². The summed E-state index contributed by atoms with van der Waals surface area (Å²) in [5.41, 5.74) is 3.84. The van der Waals surface area contributed by atoms with Gasteiger partial charge in [-0.1, -0.05) is 30.3 Å². The van der Waals surface area contributed by atoms with Crippen molar-refractivity contribution >= 4 is 5.97 Å². The number of benzene rings is 1. The molecule has 0 spiro atoms. The molecule has 4 heteroatoms. The largest absolute Gasteiger partial charge is 0.375 e. The number of esters is 1. The third-order valence-electron chi connectivity index (χ3n) is 8.14. The van der Waals surface area contributed by atoms with Crippen molar-refractivity contribution in [1.29, 1.82) is 0 Å². The Morgan fingerprint density at radius 1 is 0.938 bits per heavy atom. The Bertz CT molecular complexity index is 1110. The SMILES string of the molecule is C[n+]1ccccc1OC(=O)Cn1c(-c2ccccc2)ccc1C12CC3CC(CC(C3)C1)C2. The summed E-state index contributed by atoms with van der Waals surface area (Å²) in [6.07, 6.45) is 9.97. The first-order valence-corrected chi connectivity index (χ1v) is 12.0. The molecule has 4 aliphatic rings. The van der Waals surface area contributed by atoms with Crippen LogP contribution < -0.4 is 9.30 Å². The van der Waals surface area contributed by atoms with Crippen molar-refractivity contribution in [3.8, 4) is 17.1 Å². The summed E-state index contributed by atoms with van der Waals surface area (Å²) < 4.78 is 9.90. The molecule has 4 aliphatic carbocycles. The second-order valence-electron chi connectivity index (χ2n) is 10.4. The maximum atomic E-state index is 13.1. The van der Waals surface area contributed by atoms with Crippen LogP contribution in [0.3, 0.4) is 0 Å². The first-order chi connectivity index (χ1) is 15.6. The predicted octanol–water partition coefficient (Wildman–Crippen LogP) is 5.05. The van der Waals surface area contributed by atoms with Crippen molar-refractivity contribution in [1.82, 2.24) is 4.57 Å². The third-order valence-corrected chi connectivity index (χ3v) is 8.14. The van der Waals surface area contributed by atoms with E-state index in [-0.39, 0.29) is 17.9 Å². The van der Waals surface area contributed by atoms with Crippen molar-refractivity contribution in [3.05, 3.63) is 72.6 Å². The molecule has 0 aliphatic heterocycles. The van der Waals surface area contributed by atoms with Crippen LogP contribution in [0.5, 0.6) is 5.88 Å². The van der Waals surface area contributed by atoms with Gasteiger partial charge in [0.2, 0.25) is 0 Å². The topological polar surface area (TPSA) is 35.1 Å². The normalized spacial score (nSPS) is 28.1. The molecule has 3 aromatic rings. The van der Waals surface area contributed by atoms with Crippen LogP contribution in [0, 0.1) is 17.8 Å². The Morgan fingerprint density at radius 2 is 1.59 bits per heavy atom. The van der Waals surface area contributed by atoms with E-state index in [9.17, 15) is 4.79 Å². The standard InChI is InChI=1S/C28H31N2O2/c1-29-12-6-5-9-26(29)32-27(31)19-30-24(23-7-3-2-4-8-23)10-11-25(30)28-16-20-13-21(17-28)15-22(14-20)18-28/h2-12,20-22H,13-19H2,1H3/q+1. The number of hydrogen-bond acceptors (Lipinski definition) is 2. The van der Waals surface area contributed by atoms with Gasteiger partial charge >= 0.3 is 11.8 Å². The van der Waals surface area contributed by atoms with E-state index in [1.165, 1.54) is 44.2 Å². The quantitative estimate of drug-likeness (QED) is 0.422. The van der Waals surface area contributed by atoms with Gasteiger partial charge in [0.25, 0.3) is 0 Å². The number of carbonyl (C=O) groups excluding carboxylic acids is 1. The highest BCUT2D eigenvalue weighted by atomic mass is 16.5. The van der Waals surface area contributed by atoms with Gasteiger partial charge in [-0.15, -0.1) is 0 Å². The number of pyridine rings is 1. The van der Waals surface area contributed by atoms with Crippen molar-refractivity contribution in [2.45, 2.75) is 50.5 Å². The summed E-state index contributed by atoms with van der Waals surface area (Å²) in [7, 11) is 1.90. The van der Waals surface area contributed by atoms with Gasteiger partial charge < -0.3 is 9.30 Å². The lowest BCUT2D eigenvalue weighted by atomic mass is 9.49. The van der Waals surface area contributed by atoms with E-state index in [1.54, 1.807) is 0 Å². The number of aryl methyl sites for hydroxylation is 1. The van der Waals surface area contributed by atoms with E-state index in [4.69, 9.17) is 4.74 Å². The highest BCUT2D eigenvalue weighted by Gasteiger charge is 2.52. The minimum Gasteiger partial charge on any atom is -0.369 e. The number of ether oxygens (including phenoxy) is 1. The molecule has 0 atom stereocenters. The molecule has 32 heavy (non-hydrogen) atoms. The molecule has 1 aromatic carbocycles. The maximum Gasteiger partial charge on any atom is 0.375 e. The molecule has 0 N–H and O–H groups in total. The minimum atomic E-state index is -0.217. The molecule has 0 amide bonds. The zero-order valence-corrected chi connectivity index (χ0v) is 18.7. The molecular formula is C28H31N2O2+. The van der Waals surface area contributed by atoms with E-state index in [0.717, 1.165) is 29.0 Å². The van der Waals surface area contributed by atoms with Gasteiger partial charge in [0, 0.05) is 22.9 Å². The van der Waals surface area contributed by atoms with Gasteiger partial charge in [-0.2, -0.15) is 4.57 Å². The van der Waals surface area contributed by atoms with Crippen LogP contribution in [-0.2, 0) is 23.8 Å². The number of hydrogen-bond donors (Lipinski definition) is 0. The molecule has 0 saturated heterocycles. The molecule has 0 radical (unpaired) electrons. The Morgan fingerprint density at radius 3 is 2.25 bits per heavy atom. The van der Waals surface area contributed by atoms with Gasteiger partial charge in [0.1, 0.15) is 13.6 Å². The summed E-state index contributed by atoms with van der Waals surface area (Å²) in [5.74, 6) is 2.94. The van der Waals surface area contributed by atoms with Gasteiger partial charge in [-0.3, -0.25) is 0 Å². The smallest absolute Gasteiger partial charge is 0.369 e. The molecule has 4 fully saturated rings. The van der Waals surface area contributed by atoms with Crippen molar-refractivity contribution in [2.75, 3.05) is 0 Å². The second-order valence-corrected chi connectivity index (χ2v) is 10.4. The molecular weight excluding hydrogens is 396 g/mol. The maximum absolute atomic E-state index is 13.1. The highest BCUT2D eigenvalue weighted by molar-refractivity contribution is 5.73. The summed E-state index contributed by atoms with van der Waals surface area (Å²) in [6, 6.07) is 20.7. The first kappa shape index (κ1) is 19.8. The first-order valence-electron chi connectivity index (χ1n) is 12.0. The molecule has 4 nitrogen and oxygen atoms in total. The average molecular weight is 428 g/mol. The number of aromatic nitrogens is 2. The second kappa shape index (κ2) is 7.61. The fourth-order valence-corrected chi connectivity index (χ4v) is 7.28. The molecule has 7 rings (SSSR count). The summed E-state index contributed by atoms with van der Waals surface area (Å²) >= 11 is 0. The van der Waals surface area contributed by atoms with Crippen LogP contribution in [0.4, 0.5) is 0 Å². The molecule has 2 heterocycles. The van der Waals surface area contributed by atoms with Crippen LogP contribution in [0.2, 0.25) is 0 Å². The van der Waals surface area contributed by atoms with Crippen molar-refractivity contribution < 1.29 is 14.1 Å². The van der Waals surface area contributed by atoms with Gasteiger partial charge in [0.15, 0.2) is 6.20 Å². The van der Waals surface area contributed by atoms with Gasteiger partial charge in [-0.25, -0.2) is 4.79 Å². The van der Waals surface area contributed by atoms with Gasteiger partial charge in [-0.05, 0) is 80.0 Å². The Kier molecular flexibility index (Phi) is 4.71. The zero-order valence-electron chi connectivity index (χ0n) is 18.7. The van der Waals surface area contributed by atoms with E-state index in [2.05, 4.69) is 41.0 Å². The Balaban J connectivity index is 1.38. The van der Waals surface area contributed by atoms with Crippen LogP contribution in [0.1, 0.15) is 44.2 Å². The van der Waals surface area contributed by atoms with Crippen LogP contribution >= 0.6 is 0 Å². The fraction of sp³-hybridized carbons (Fsp3) is 0.429. The number of carbonyl (C=O) groups is 1. The van der Waals surface area contributed by atoms with E-state index in [1.807, 2.05) is 42.1 Å². The summed E-state index contributed by atoms with van der Waals surface area (Å²) in [6.45, 7) is 0.239. The van der Waals surface area contributed by atoms with Crippen molar-refractivity contribution in [3.63, 3.8) is 0 Å². The average Bonchev–Trinajstić information content (AvgIpc) is 3.19. The molecule has 4 saturated carbocycles. The van der Waals surface area contributed by atoms with Crippen LogP contribution in [0.25, 0.3) is 11.3 Å². The Hall–Kier alpha value is -2.88. The lowest BCUT2D eigenvalue weighted by Crippen LogP contribution is -2.49. The third kappa shape index (κ3) is 3.37. The van der Waals surface area contributed by atoms with E-state index < -0.39 is 0 Å². The molecule has 164 valence electrons. The van der Waals surface area contributed by atoms with Crippen LogP contribution in [0.15, 0.2) is 66.9 Å². The zero-order chi connectivity index (χ0) is 21.7. The monoisotopic (exact) mass is 427 g/mol. The van der Waals surface area contributed by atoms with Crippen molar-refractivity contribution in [2.24, 2.45) is 24.8 Å². The minimum absolute atomic E-state index is 0.217. The van der Waals surface area contributed by atoms with E-state index >= 15 is 0 Å². The summed E-state index contributed by atoms with van der Waals surface area (Å²) in [5, 5.41) is 0. The molecule has 0 unspecified atom stereocenters. The van der Waals surface area contributed by atoms with Crippen LogP contribution in [-0.4, -0.2) is 10.5 Å². The lowest BCUT2D eigenvalue weighted by Gasteiger charge is -2.57. The van der Waals surface area contributed by atoms with Gasteiger partial charge in [0.05, 0.1) is 6.07 Å². The predicted molar refractivity (Wildman–Crippen MR) is 123 cm³/mol. The number of nitrogens with zero attached hydrogens (tertiary/aromatic N) is 2.